The lowest BCUT2D eigenvalue weighted by atomic mass is 10.1. The Kier molecular flexibility index (Phi) is 5.25. The highest BCUT2D eigenvalue weighted by molar-refractivity contribution is 9.10. The molecule has 1 atom stereocenters. The van der Waals surface area contributed by atoms with Crippen molar-refractivity contribution >= 4 is 21.6 Å². The van der Waals surface area contributed by atoms with Crippen molar-refractivity contribution in [1.29, 1.82) is 0 Å². The van der Waals surface area contributed by atoms with E-state index in [2.05, 4.69) is 57.9 Å². The number of halogens is 1. The Bertz CT molecular complexity index is 422. The van der Waals surface area contributed by atoms with Crippen LogP contribution in [-0.2, 0) is 6.54 Å². The van der Waals surface area contributed by atoms with Crippen molar-refractivity contribution in [1.82, 2.24) is 4.90 Å². The van der Waals surface area contributed by atoms with Gasteiger partial charge in [0.1, 0.15) is 0 Å². The van der Waals surface area contributed by atoms with Crippen molar-refractivity contribution in [3.8, 4) is 0 Å². The third-order valence-electron chi connectivity index (χ3n) is 4.06. The molecular weight excluding hydrogens is 302 g/mol. The topological polar surface area (TPSA) is 32.5 Å². The van der Waals surface area contributed by atoms with Crippen molar-refractivity contribution in [3.63, 3.8) is 0 Å². The molecule has 1 heterocycles. The van der Waals surface area contributed by atoms with E-state index in [0.717, 1.165) is 17.6 Å². The van der Waals surface area contributed by atoms with Gasteiger partial charge in [-0.3, -0.25) is 4.90 Å². The van der Waals surface area contributed by atoms with E-state index in [-0.39, 0.29) is 0 Å². The Morgan fingerprint density at radius 2 is 2.26 bits per heavy atom. The third kappa shape index (κ3) is 3.50. The van der Waals surface area contributed by atoms with E-state index in [0.29, 0.717) is 12.6 Å². The number of anilines is 1. The number of nitrogens with two attached hydrogens (primary N) is 1. The molecule has 19 heavy (non-hydrogen) atoms. The van der Waals surface area contributed by atoms with Crippen LogP contribution in [0.1, 0.15) is 25.3 Å². The molecule has 0 bridgehead atoms. The van der Waals surface area contributed by atoms with Crippen LogP contribution in [0.25, 0.3) is 0 Å². The van der Waals surface area contributed by atoms with Crippen LogP contribution < -0.4 is 10.6 Å². The highest BCUT2D eigenvalue weighted by Gasteiger charge is 2.24. The molecular formula is C15H24BrN3. The third-order valence-corrected chi connectivity index (χ3v) is 4.56. The number of benzene rings is 1. The molecule has 1 aliphatic rings. The monoisotopic (exact) mass is 325 g/mol. The molecule has 2 N–H and O–H groups in total. The maximum atomic E-state index is 5.86. The minimum Gasteiger partial charge on any atom is -0.373 e. The number of hydrogen-bond donors (Lipinski definition) is 1. The molecule has 1 aromatic carbocycles. The zero-order chi connectivity index (χ0) is 13.8. The standard InChI is InChI=1S/C15H24BrN3/c1-3-19-8-4-5-14(19)11-18(2)15-7-6-13(16)9-12(15)10-17/h6-7,9,14H,3-5,8,10-11,17H2,1-2H3. The average Bonchev–Trinajstić information content (AvgIpc) is 2.85. The van der Waals surface area contributed by atoms with Gasteiger partial charge in [-0.1, -0.05) is 22.9 Å². The molecule has 3 nitrogen and oxygen atoms in total. The largest absolute Gasteiger partial charge is 0.373 e. The van der Waals surface area contributed by atoms with Gasteiger partial charge in [0.05, 0.1) is 0 Å². The van der Waals surface area contributed by atoms with Gasteiger partial charge in [-0.25, -0.2) is 0 Å². The summed E-state index contributed by atoms with van der Waals surface area (Å²) >= 11 is 3.51. The first-order valence-corrected chi connectivity index (χ1v) is 7.88. The molecule has 0 spiro atoms. The smallest absolute Gasteiger partial charge is 0.0410 e. The molecule has 1 unspecified atom stereocenters. The van der Waals surface area contributed by atoms with Crippen LogP contribution in [0.15, 0.2) is 22.7 Å². The highest BCUT2D eigenvalue weighted by atomic mass is 79.9. The fourth-order valence-electron chi connectivity index (χ4n) is 3.02. The van der Waals surface area contributed by atoms with Crippen LogP contribution in [0.2, 0.25) is 0 Å². The zero-order valence-corrected chi connectivity index (χ0v) is 13.5. The quantitative estimate of drug-likeness (QED) is 0.903. The molecule has 1 aliphatic heterocycles. The van der Waals surface area contributed by atoms with Crippen LogP contribution in [0, 0.1) is 0 Å². The predicted molar refractivity (Wildman–Crippen MR) is 85.6 cm³/mol. The molecule has 0 radical (unpaired) electrons. The Balaban J connectivity index is 2.09. The Hall–Kier alpha value is -0.580. The Morgan fingerprint density at radius 1 is 1.47 bits per heavy atom. The van der Waals surface area contributed by atoms with E-state index in [1.807, 2.05) is 0 Å². The van der Waals surface area contributed by atoms with Crippen LogP contribution in [-0.4, -0.2) is 37.6 Å². The number of hydrogen-bond acceptors (Lipinski definition) is 3. The number of rotatable bonds is 5. The Labute approximate surface area is 124 Å². The van der Waals surface area contributed by atoms with E-state index in [1.165, 1.54) is 30.6 Å². The molecule has 0 aromatic heterocycles. The van der Waals surface area contributed by atoms with Crippen LogP contribution >= 0.6 is 15.9 Å². The summed E-state index contributed by atoms with van der Waals surface area (Å²) in [6, 6.07) is 7.07. The fraction of sp³-hybridized carbons (Fsp3) is 0.600. The summed E-state index contributed by atoms with van der Waals surface area (Å²) in [6.07, 6.45) is 2.64. The molecule has 0 amide bonds. The predicted octanol–water partition coefficient (Wildman–Crippen LogP) is 2.83. The summed E-state index contributed by atoms with van der Waals surface area (Å²) in [6.45, 7) is 6.33. The summed E-state index contributed by atoms with van der Waals surface area (Å²) in [5.41, 5.74) is 8.33. The van der Waals surface area contributed by atoms with Gasteiger partial charge in [-0.2, -0.15) is 0 Å². The molecule has 4 heteroatoms. The zero-order valence-electron chi connectivity index (χ0n) is 11.9. The van der Waals surface area contributed by atoms with Crippen molar-refractivity contribution in [2.45, 2.75) is 32.4 Å². The first kappa shape index (κ1) is 14.8. The maximum absolute atomic E-state index is 5.86. The lowest BCUT2D eigenvalue weighted by Gasteiger charge is -2.30. The molecule has 2 rings (SSSR count). The lowest BCUT2D eigenvalue weighted by Crippen LogP contribution is -2.39. The number of likely N-dealkylation sites (tertiary alicyclic amines) is 1. The summed E-state index contributed by atoms with van der Waals surface area (Å²) in [5.74, 6) is 0. The molecule has 1 saturated heterocycles. The number of likely N-dealkylation sites (N-methyl/N-ethyl adjacent to an activating group) is 2. The average molecular weight is 326 g/mol. The van der Waals surface area contributed by atoms with Crippen molar-refractivity contribution in [2.75, 3.05) is 31.6 Å². The van der Waals surface area contributed by atoms with E-state index < -0.39 is 0 Å². The van der Waals surface area contributed by atoms with Gasteiger partial charge in [0.25, 0.3) is 0 Å². The minimum atomic E-state index is 0.585. The second kappa shape index (κ2) is 6.73. The second-order valence-corrected chi connectivity index (χ2v) is 6.20. The molecule has 0 aliphatic carbocycles. The lowest BCUT2D eigenvalue weighted by molar-refractivity contribution is 0.270. The summed E-state index contributed by atoms with van der Waals surface area (Å²) in [7, 11) is 2.18. The first-order chi connectivity index (χ1) is 9.15. The van der Waals surface area contributed by atoms with Crippen LogP contribution in [0.3, 0.4) is 0 Å². The van der Waals surface area contributed by atoms with Gasteiger partial charge < -0.3 is 10.6 Å². The van der Waals surface area contributed by atoms with E-state index in [9.17, 15) is 0 Å². The SMILES string of the molecule is CCN1CCCC1CN(C)c1ccc(Br)cc1CN. The van der Waals surface area contributed by atoms with Gasteiger partial charge in [-0.15, -0.1) is 0 Å². The van der Waals surface area contributed by atoms with Crippen LogP contribution in [0.5, 0.6) is 0 Å². The summed E-state index contributed by atoms with van der Waals surface area (Å²) < 4.78 is 1.10. The van der Waals surface area contributed by atoms with Gasteiger partial charge in [0.2, 0.25) is 0 Å². The second-order valence-electron chi connectivity index (χ2n) is 5.28. The summed E-state index contributed by atoms with van der Waals surface area (Å²) in [4.78, 5) is 4.94. The highest BCUT2D eigenvalue weighted by Crippen LogP contribution is 2.25. The van der Waals surface area contributed by atoms with Crippen molar-refractivity contribution < 1.29 is 0 Å². The molecule has 1 aromatic rings. The fourth-order valence-corrected chi connectivity index (χ4v) is 3.43. The minimum absolute atomic E-state index is 0.585. The van der Waals surface area contributed by atoms with Gasteiger partial charge in [0.15, 0.2) is 0 Å². The first-order valence-electron chi connectivity index (χ1n) is 7.09. The van der Waals surface area contributed by atoms with Crippen molar-refractivity contribution in [3.05, 3.63) is 28.2 Å². The van der Waals surface area contributed by atoms with Crippen LogP contribution in [0.4, 0.5) is 5.69 Å². The Morgan fingerprint density at radius 3 is 2.95 bits per heavy atom. The van der Waals surface area contributed by atoms with Gasteiger partial charge in [0, 0.05) is 36.3 Å². The van der Waals surface area contributed by atoms with E-state index in [4.69, 9.17) is 5.73 Å². The maximum Gasteiger partial charge on any atom is 0.0410 e. The van der Waals surface area contributed by atoms with E-state index >= 15 is 0 Å². The van der Waals surface area contributed by atoms with E-state index in [1.54, 1.807) is 0 Å². The molecule has 106 valence electrons. The van der Waals surface area contributed by atoms with Crippen molar-refractivity contribution in [2.24, 2.45) is 5.73 Å². The van der Waals surface area contributed by atoms with Gasteiger partial charge in [-0.05, 0) is 49.7 Å². The molecule has 0 saturated carbocycles. The number of nitrogens with zero attached hydrogens (tertiary/aromatic N) is 2. The molecule has 1 fully saturated rings. The normalized spacial score (nSPS) is 19.9. The van der Waals surface area contributed by atoms with Gasteiger partial charge >= 0.3 is 0 Å². The summed E-state index contributed by atoms with van der Waals surface area (Å²) in [5, 5.41) is 0.